The third-order valence-corrected chi connectivity index (χ3v) is 7.21. The molecule has 0 bridgehead atoms. The van der Waals surface area contributed by atoms with E-state index in [-0.39, 0.29) is 46.3 Å². The average molecular weight is 599 g/mol. The van der Waals surface area contributed by atoms with Crippen LogP contribution in [0.25, 0.3) is 12.2 Å². The molecule has 0 amide bonds. The predicted molar refractivity (Wildman–Crippen MR) is 166 cm³/mol. The van der Waals surface area contributed by atoms with Gasteiger partial charge in [-0.05, 0) is 78.4 Å². The molecule has 44 heavy (non-hydrogen) atoms. The van der Waals surface area contributed by atoms with E-state index in [0.717, 1.165) is 11.1 Å². The Morgan fingerprint density at radius 3 is 1.89 bits per heavy atom. The molecule has 0 saturated carbocycles. The normalized spacial score (nSPS) is 12.9. The van der Waals surface area contributed by atoms with E-state index < -0.39 is 23.6 Å². The Balaban J connectivity index is 1.70. The summed E-state index contributed by atoms with van der Waals surface area (Å²) in [6, 6.07) is 20.5. The van der Waals surface area contributed by atoms with Crippen LogP contribution in [0.15, 0.2) is 91.0 Å². The summed E-state index contributed by atoms with van der Waals surface area (Å²) in [4.78, 5) is 18.2. The smallest absolute Gasteiger partial charge is 0.193 e. The van der Waals surface area contributed by atoms with Gasteiger partial charge in [-0.15, -0.1) is 0 Å². The maximum absolute atomic E-state index is 13.4. The van der Waals surface area contributed by atoms with Crippen LogP contribution in [0.4, 0.5) is 0 Å². The van der Waals surface area contributed by atoms with E-state index in [2.05, 4.69) is 0 Å². The zero-order chi connectivity index (χ0) is 31.6. The average Bonchev–Trinajstić information content (AvgIpc) is 3.02. The fourth-order valence-corrected chi connectivity index (χ4v) is 4.84. The number of carbonyl (C=O) groups is 1. The summed E-state index contributed by atoms with van der Waals surface area (Å²) < 4.78 is 5.34. The number of hydrogen-bond donors (Lipinski definition) is 6. The summed E-state index contributed by atoms with van der Waals surface area (Å²) in [6.07, 6.45) is 6.45. The Kier molecular flexibility index (Phi) is 10.6. The van der Waals surface area contributed by atoms with Crippen LogP contribution in [0.3, 0.4) is 0 Å². The van der Waals surface area contributed by atoms with Crippen molar-refractivity contribution >= 4 is 17.9 Å². The first-order valence-electron chi connectivity index (χ1n) is 13.9. The van der Waals surface area contributed by atoms with Gasteiger partial charge < -0.3 is 30.3 Å². The van der Waals surface area contributed by atoms with E-state index in [1.807, 2.05) is 0 Å². The second kappa shape index (κ2) is 14.8. The van der Waals surface area contributed by atoms with Gasteiger partial charge in [0.1, 0.15) is 40.1 Å². The lowest BCUT2D eigenvalue weighted by molar-refractivity contribution is -0.281. The van der Waals surface area contributed by atoms with Crippen molar-refractivity contribution in [3.63, 3.8) is 0 Å². The molecule has 0 aromatic heterocycles. The standard InChI is InChI=1S/C35H34O9/c1-43-32-21-31(40)33(35(41)34(32)30(39)19-10-24-7-16-28(38)17-8-24)25(11-2-22-3-12-26(36)13-4-22)20-29(44-42)18-9-23-5-14-27(37)15-6-23/h2-8,10-17,19,21,25,29,36-38,40-42H,9,18,20H2,1H3/b11-2+,19-10+/t25-,29+/m0/s1. The van der Waals surface area contributed by atoms with Gasteiger partial charge in [-0.25, -0.2) is 4.89 Å². The van der Waals surface area contributed by atoms with Crippen LogP contribution in [0.2, 0.25) is 0 Å². The fraction of sp³-hybridized carbons (Fsp3) is 0.171. The third kappa shape index (κ3) is 8.19. The van der Waals surface area contributed by atoms with Gasteiger partial charge in [0.2, 0.25) is 0 Å². The van der Waals surface area contributed by atoms with Gasteiger partial charge in [-0.2, -0.15) is 0 Å². The van der Waals surface area contributed by atoms with Gasteiger partial charge in [0.25, 0.3) is 0 Å². The molecule has 0 aliphatic heterocycles. The molecular formula is C35H34O9. The maximum atomic E-state index is 13.4. The number of aromatic hydroxyl groups is 5. The minimum atomic E-state index is -0.751. The number of phenolic OH excluding ortho intramolecular Hbond substituents is 5. The highest BCUT2D eigenvalue weighted by Crippen LogP contribution is 2.45. The number of rotatable bonds is 13. The van der Waals surface area contributed by atoms with Crippen molar-refractivity contribution < 1.29 is 45.2 Å². The number of ether oxygens (including phenoxy) is 1. The van der Waals surface area contributed by atoms with E-state index in [4.69, 9.17) is 9.62 Å². The van der Waals surface area contributed by atoms with Crippen LogP contribution in [0.1, 0.15) is 51.4 Å². The van der Waals surface area contributed by atoms with Crippen LogP contribution in [-0.4, -0.2) is 49.8 Å². The van der Waals surface area contributed by atoms with Crippen molar-refractivity contribution in [3.05, 3.63) is 119 Å². The summed E-state index contributed by atoms with van der Waals surface area (Å²) in [5.41, 5.74) is 2.14. The molecule has 0 saturated heterocycles. The van der Waals surface area contributed by atoms with E-state index in [9.17, 15) is 35.6 Å². The van der Waals surface area contributed by atoms with Crippen molar-refractivity contribution in [2.45, 2.75) is 31.3 Å². The molecule has 228 valence electrons. The molecule has 0 spiro atoms. The molecular weight excluding hydrogens is 564 g/mol. The number of phenols is 5. The molecule has 0 radical (unpaired) electrons. The first-order chi connectivity index (χ1) is 21.2. The monoisotopic (exact) mass is 598 g/mol. The van der Waals surface area contributed by atoms with Gasteiger partial charge in [-0.1, -0.05) is 54.6 Å². The zero-order valence-electron chi connectivity index (χ0n) is 24.0. The highest BCUT2D eigenvalue weighted by atomic mass is 17.1. The molecule has 4 rings (SSSR count). The summed E-state index contributed by atoms with van der Waals surface area (Å²) in [5.74, 6) is -1.88. The highest BCUT2D eigenvalue weighted by Gasteiger charge is 2.28. The second-order valence-electron chi connectivity index (χ2n) is 10.2. The van der Waals surface area contributed by atoms with Gasteiger partial charge >= 0.3 is 0 Å². The number of carbonyl (C=O) groups excluding carboxylic acids is 1. The van der Waals surface area contributed by atoms with E-state index in [0.29, 0.717) is 18.4 Å². The topological polar surface area (TPSA) is 157 Å². The van der Waals surface area contributed by atoms with Crippen molar-refractivity contribution in [1.82, 2.24) is 0 Å². The maximum Gasteiger partial charge on any atom is 0.193 e. The molecule has 9 heteroatoms. The van der Waals surface area contributed by atoms with E-state index >= 15 is 0 Å². The van der Waals surface area contributed by atoms with Gasteiger partial charge in [0, 0.05) is 17.5 Å². The van der Waals surface area contributed by atoms with E-state index in [1.165, 1.54) is 49.6 Å². The largest absolute Gasteiger partial charge is 0.508 e. The van der Waals surface area contributed by atoms with Crippen molar-refractivity contribution in [1.29, 1.82) is 0 Å². The Morgan fingerprint density at radius 1 is 0.795 bits per heavy atom. The number of aryl methyl sites for hydroxylation is 1. The lowest BCUT2D eigenvalue weighted by atomic mass is 9.87. The van der Waals surface area contributed by atoms with Crippen LogP contribution in [0, 0.1) is 0 Å². The minimum Gasteiger partial charge on any atom is -0.508 e. The molecule has 4 aromatic carbocycles. The third-order valence-electron chi connectivity index (χ3n) is 7.21. The highest BCUT2D eigenvalue weighted by molar-refractivity contribution is 6.11. The van der Waals surface area contributed by atoms with Crippen molar-refractivity contribution in [3.8, 4) is 34.5 Å². The Hall–Kier alpha value is -5.25. The second-order valence-corrected chi connectivity index (χ2v) is 10.2. The lowest BCUT2D eigenvalue weighted by Gasteiger charge is -2.23. The Bertz CT molecular complexity index is 1610. The Morgan fingerprint density at radius 2 is 1.34 bits per heavy atom. The molecule has 2 atom stereocenters. The van der Waals surface area contributed by atoms with Crippen LogP contribution in [0.5, 0.6) is 34.5 Å². The zero-order valence-corrected chi connectivity index (χ0v) is 24.0. The molecule has 0 aliphatic carbocycles. The molecule has 6 N–H and O–H groups in total. The molecule has 0 fully saturated rings. The van der Waals surface area contributed by atoms with Crippen LogP contribution >= 0.6 is 0 Å². The molecule has 9 nitrogen and oxygen atoms in total. The molecule has 0 aliphatic rings. The predicted octanol–water partition coefficient (Wildman–Crippen LogP) is 6.80. The number of hydrogen-bond acceptors (Lipinski definition) is 9. The van der Waals surface area contributed by atoms with Gasteiger partial charge in [0.05, 0.1) is 13.2 Å². The van der Waals surface area contributed by atoms with Crippen LogP contribution in [-0.2, 0) is 11.3 Å². The van der Waals surface area contributed by atoms with Crippen molar-refractivity contribution in [2.75, 3.05) is 7.11 Å². The molecule has 0 unspecified atom stereocenters. The number of ketones is 1. The van der Waals surface area contributed by atoms with Gasteiger partial charge in [0.15, 0.2) is 5.78 Å². The summed E-state index contributed by atoms with van der Waals surface area (Å²) in [6.45, 7) is 0. The van der Waals surface area contributed by atoms with Crippen molar-refractivity contribution in [2.24, 2.45) is 0 Å². The molecule has 0 heterocycles. The summed E-state index contributed by atoms with van der Waals surface area (Å²) in [7, 11) is 1.31. The number of methoxy groups -OCH3 is 1. The number of allylic oxidation sites excluding steroid dienone is 2. The first-order valence-corrected chi connectivity index (χ1v) is 13.9. The molecule has 4 aromatic rings. The fourth-order valence-electron chi connectivity index (χ4n) is 4.84. The minimum absolute atomic E-state index is 0.0346. The summed E-state index contributed by atoms with van der Waals surface area (Å²) in [5, 5.41) is 61.1. The summed E-state index contributed by atoms with van der Waals surface area (Å²) >= 11 is 0. The number of benzene rings is 4. The van der Waals surface area contributed by atoms with E-state index in [1.54, 1.807) is 60.7 Å². The Labute approximate surface area is 254 Å². The lowest BCUT2D eigenvalue weighted by Crippen LogP contribution is -2.16. The van der Waals surface area contributed by atoms with Gasteiger partial charge in [-0.3, -0.25) is 10.1 Å². The first kappa shape index (κ1) is 31.7. The SMILES string of the molecule is COc1cc(O)c([C@@H](/C=C/c2ccc(O)cc2)C[C@@H](CCc2ccc(O)cc2)OO)c(O)c1C(=O)/C=C/c1ccc(O)cc1. The quantitative estimate of drug-likeness (QED) is 0.0422. The van der Waals surface area contributed by atoms with Crippen LogP contribution < -0.4 is 4.74 Å².